The first-order valence-corrected chi connectivity index (χ1v) is 7.61. The summed E-state index contributed by atoms with van der Waals surface area (Å²) in [4.78, 5) is 13.1. The van der Waals surface area contributed by atoms with Gasteiger partial charge in [0.2, 0.25) is 0 Å². The van der Waals surface area contributed by atoms with Crippen LogP contribution in [-0.2, 0) is 9.53 Å². The van der Waals surface area contributed by atoms with Gasteiger partial charge in [0.05, 0.1) is 6.61 Å². The van der Waals surface area contributed by atoms with Crippen LogP contribution in [0.1, 0.15) is 31.7 Å². The largest absolute Gasteiger partial charge is 0.465 e. The van der Waals surface area contributed by atoms with Gasteiger partial charge >= 0.3 is 5.97 Å². The molecule has 1 fully saturated rings. The quantitative estimate of drug-likeness (QED) is 0.861. The normalized spacial score (nSPS) is 26.4. The summed E-state index contributed by atoms with van der Waals surface area (Å²) < 4.78 is 5.07. The van der Waals surface area contributed by atoms with E-state index in [-0.39, 0.29) is 5.97 Å². The highest BCUT2D eigenvalue weighted by Crippen LogP contribution is 2.39. The van der Waals surface area contributed by atoms with Gasteiger partial charge in [0.15, 0.2) is 0 Å². The molecule has 0 amide bonds. The van der Waals surface area contributed by atoms with E-state index in [2.05, 4.69) is 31.2 Å². The molecule has 1 aromatic rings. The standard InChI is InChI=1S/C15H21NO2S/c1-3-18-14(17)15(16)8-7-13(10-15)19-12-6-4-5-11(2)9-12/h4-6,9,13H,3,7-8,10,16H2,1-2H3. The Morgan fingerprint density at radius 3 is 3.05 bits per heavy atom. The fourth-order valence-corrected chi connectivity index (χ4v) is 3.88. The molecule has 2 atom stereocenters. The number of benzene rings is 1. The number of aryl methyl sites for hydroxylation is 1. The summed E-state index contributed by atoms with van der Waals surface area (Å²) in [5, 5.41) is 0.399. The second-order valence-electron chi connectivity index (χ2n) is 5.18. The molecule has 0 heterocycles. The molecule has 19 heavy (non-hydrogen) atoms. The van der Waals surface area contributed by atoms with Crippen LogP contribution in [0.15, 0.2) is 29.2 Å². The van der Waals surface area contributed by atoms with Crippen LogP contribution in [0.2, 0.25) is 0 Å². The molecule has 4 heteroatoms. The number of esters is 1. The Morgan fingerprint density at radius 2 is 2.37 bits per heavy atom. The van der Waals surface area contributed by atoms with Crippen molar-refractivity contribution in [3.05, 3.63) is 29.8 Å². The first-order chi connectivity index (χ1) is 9.03. The minimum absolute atomic E-state index is 0.248. The van der Waals surface area contributed by atoms with Gasteiger partial charge in [0, 0.05) is 10.1 Å². The van der Waals surface area contributed by atoms with Crippen molar-refractivity contribution >= 4 is 17.7 Å². The lowest BCUT2D eigenvalue weighted by Crippen LogP contribution is -2.47. The van der Waals surface area contributed by atoms with Crippen LogP contribution in [0.3, 0.4) is 0 Å². The van der Waals surface area contributed by atoms with Gasteiger partial charge in [-0.2, -0.15) is 0 Å². The maximum atomic E-state index is 11.9. The van der Waals surface area contributed by atoms with E-state index in [1.165, 1.54) is 10.5 Å². The van der Waals surface area contributed by atoms with E-state index in [9.17, 15) is 4.79 Å². The van der Waals surface area contributed by atoms with Gasteiger partial charge in [-0.3, -0.25) is 4.79 Å². The Labute approximate surface area is 118 Å². The third-order valence-corrected chi connectivity index (χ3v) is 4.74. The third-order valence-electron chi connectivity index (χ3n) is 3.48. The van der Waals surface area contributed by atoms with Crippen LogP contribution in [0.4, 0.5) is 0 Å². The van der Waals surface area contributed by atoms with Crippen molar-refractivity contribution in [3.8, 4) is 0 Å². The molecule has 0 aliphatic heterocycles. The van der Waals surface area contributed by atoms with Gasteiger partial charge in [-0.15, -0.1) is 11.8 Å². The van der Waals surface area contributed by atoms with Crippen LogP contribution in [-0.4, -0.2) is 23.4 Å². The number of rotatable bonds is 4. The second kappa shape index (κ2) is 5.97. The summed E-state index contributed by atoms with van der Waals surface area (Å²) >= 11 is 1.82. The van der Waals surface area contributed by atoms with Crippen molar-refractivity contribution in [3.63, 3.8) is 0 Å². The minimum Gasteiger partial charge on any atom is -0.465 e. The zero-order chi connectivity index (χ0) is 13.9. The summed E-state index contributed by atoms with van der Waals surface area (Å²) in [6.07, 6.45) is 2.38. The molecule has 0 radical (unpaired) electrons. The van der Waals surface area contributed by atoms with Gasteiger partial charge in [-0.05, 0) is 45.2 Å². The fourth-order valence-electron chi connectivity index (χ4n) is 2.47. The zero-order valence-electron chi connectivity index (χ0n) is 11.5. The Hall–Kier alpha value is -1.00. The SMILES string of the molecule is CCOC(=O)C1(N)CCC(Sc2cccc(C)c2)C1. The summed E-state index contributed by atoms with van der Waals surface area (Å²) in [7, 11) is 0. The highest BCUT2D eigenvalue weighted by atomic mass is 32.2. The number of nitrogens with two attached hydrogens (primary N) is 1. The van der Waals surface area contributed by atoms with Gasteiger partial charge in [-0.1, -0.05) is 17.7 Å². The number of hydrogen-bond donors (Lipinski definition) is 1. The molecule has 1 saturated carbocycles. The maximum absolute atomic E-state index is 11.9. The summed E-state index contributed by atoms with van der Waals surface area (Å²) in [5.41, 5.74) is 6.65. The minimum atomic E-state index is -0.780. The van der Waals surface area contributed by atoms with Gasteiger partial charge in [-0.25, -0.2) is 0 Å². The molecule has 0 saturated heterocycles. The summed E-state index contributed by atoms with van der Waals surface area (Å²) in [5.74, 6) is -0.248. The summed E-state index contributed by atoms with van der Waals surface area (Å²) in [6, 6.07) is 8.43. The van der Waals surface area contributed by atoms with Crippen molar-refractivity contribution in [2.45, 2.75) is 48.8 Å². The van der Waals surface area contributed by atoms with Crippen molar-refractivity contribution in [2.24, 2.45) is 5.73 Å². The molecule has 2 rings (SSSR count). The third kappa shape index (κ3) is 3.51. The highest BCUT2D eigenvalue weighted by molar-refractivity contribution is 8.00. The molecule has 104 valence electrons. The van der Waals surface area contributed by atoms with Crippen LogP contribution < -0.4 is 5.73 Å². The average Bonchev–Trinajstić information content (AvgIpc) is 2.73. The van der Waals surface area contributed by atoms with Crippen molar-refractivity contribution < 1.29 is 9.53 Å². The van der Waals surface area contributed by atoms with Gasteiger partial charge in [0.25, 0.3) is 0 Å². The number of carbonyl (C=O) groups excluding carboxylic acids is 1. The molecular weight excluding hydrogens is 258 g/mol. The van der Waals surface area contributed by atoms with E-state index in [0.717, 1.165) is 12.8 Å². The van der Waals surface area contributed by atoms with E-state index in [1.54, 1.807) is 0 Å². The van der Waals surface area contributed by atoms with E-state index in [0.29, 0.717) is 18.3 Å². The van der Waals surface area contributed by atoms with Gasteiger partial charge in [0.1, 0.15) is 5.54 Å². The van der Waals surface area contributed by atoms with E-state index < -0.39 is 5.54 Å². The number of hydrogen-bond acceptors (Lipinski definition) is 4. The maximum Gasteiger partial charge on any atom is 0.326 e. The Bertz CT molecular complexity index is 463. The molecule has 1 aliphatic rings. The lowest BCUT2D eigenvalue weighted by molar-refractivity contribution is -0.149. The topological polar surface area (TPSA) is 52.3 Å². The molecule has 1 aromatic carbocycles. The van der Waals surface area contributed by atoms with Crippen molar-refractivity contribution in [1.82, 2.24) is 0 Å². The molecule has 0 spiro atoms. The monoisotopic (exact) mass is 279 g/mol. The van der Waals surface area contributed by atoms with E-state index >= 15 is 0 Å². The molecule has 2 unspecified atom stereocenters. The molecule has 0 bridgehead atoms. The molecule has 1 aliphatic carbocycles. The van der Waals surface area contributed by atoms with Gasteiger partial charge < -0.3 is 10.5 Å². The van der Waals surface area contributed by atoms with Crippen LogP contribution in [0.25, 0.3) is 0 Å². The lowest BCUT2D eigenvalue weighted by Gasteiger charge is -2.21. The van der Waals surface area contributed by atoms with E-state index in [4.69, 9.17) is 10.5 Å². The predicted octanol–water partition coefficient (Wildman–Crippen LogP) is 2.90. The van der Waals surface area contributed by atoms with Crippen LogP contribution in [0, 0.1) is 6.92 Å². The Kier molecular flexibility index (Phi) is 4.53. The Morgan fingerprint density at radius 1 is 1.58 bits per heavy atom. The first kappa shape index (κ1) is 14.4. The predicted molar refractivity (Wildman–Crippen MR) is 78.2 cm³/mol. The highest BCUT2D eigenvalue weighted by Gasteiger charge is 2.43. The fraction of sp³-hybridized carbons (Fsp3) is 0.533. The molecule has 3 nitrogen and oxygen atoms in total. The second-order valence-corrected chi connectivity index (χ2v) is 6.55. The van der Waals surface area contributed by atoms with Crippen molar-refractivity contribution in [2.75, 3.05) is 6.61 Å². The zero-order valence-corrected chi connectivity index (χ0v) is 12.3. The van der Waals surface area contributed by atoms with Crippen molar-refractivity contribution in [1.29, 1.82) is 0 Å². The molecule has 0 aromatic heterocycles. The summed E-state index contributed by atoms with van der Waals surface area (Å²) in [6.45, 7) is 4.30. The number of carbonyl (C=O) groups is 1. The molecular formula is C15H21NO2S. The Balaban J connectivity index is 1.97. The van der Waals surface area contributed by atoms with E-state index in [1.807, 2.05) is 18.7 Å². The smallest absolute Gasteiger partial charge is 0.326 e. The van der Waals surface area contributed by atoms with Crippen LogP contribution >= 0.6 is 11.8 Å². The van der Waals surface area contributed by atoms with Crippen LogP contribution in [0.5, 0.6) is 0 Å². The number of thioether (sulfide) groups is 1. The molecule has 2 N–H and O–H groups in total. The lowest BCUT2D eigenvalue weighted by atomic mass is 10.00. The average molecular weight is 279 g/mol. The first-order valence-electron chi connectivity index (χ1n) is 6.73. The number of ether oxygens (including phenoxy) is 1.